The van der Waals surface area contributed by atoms with Crippen molar-refractivity contribution in [2.75, 3.05) is 13.6 Å². The van der Waals surface area contributed by atoms with Crippen LogP contribution in [-0.2, 0) is 0 Å². The molecule has 1 aromatic carbocycles. The fourth-order valence-corrected chi connectivity index (χ4v) is 1.99. The van der Waals surface area contributed by atoms with E-state index in [0.717, 1.165) is 10.9 Å². The molecule has 0 unspecified atom stereocenters. The summed E-state index contributed by atoms with van der Waals surface area (Å²) in [7, 11) is 1.68. The second kappa shape index (κ2) is 5.10. The zero-order chi connectivity index (χ0) is 13.1. The average molecular weight is 259 g/mol. The first kappa shape index (κ1) is 12.4. The Kier molecular flexibility index (Phi) is 3.53. The van der Waals surface area contributed by atoms with Crippen molar-refractivity contribution in [3.63, 3.8) is 0 Å². The van der Waals surface area contributed by atoms with E-state index in [1.54, 1.807) is 19.3 Å². The minimum Gasteiger partial charge on any atom is -0.392 e. The summed E-state index contributed by atoms with van der Waals surface area (Å²) < 4.78 is 0. The van der Waals surface area contributed by atoms with Crippen LogP contribution in [0.2, 0.25) is 0 Å². The van der Waals surface area contributed by atoms with Crippen LogP contribution in [-0.4, -0.2) is 34.4 Å². The quantitative estimate of drug-likeness (QED) is 0.850. The van der Waals surface area contributed by atoms with E-state index in [1.807, 2.05) is 24.3 Å². The van der Waals surface area contributed by atoms with Gasteiger partial charge in [0.05, 0.1) is 22.6 Å². The van der Waals surface area contributed by atoms with Crippen LogP contribution in [0.25, 0.3) is 10.9 Å². The third-order valence-electron chi connectivity index (χ3n) is 2.62. The normalized spacial score (nSPS) is 10.3. The Morgan fingerprint density at radius 1 is 1.39 bits per heavy atom. The Morgan fingerprint density at radius 2 is 2.11 bits per heavy atom. The molecule has 4 nitrogen and oxygen atoms in total. The number of thiocarbonyl (C=S) groups is 1. The highest BCUT2D eigenvalue weighted by Gasteiger charge is 2.15. The van der Waals surface area contributed by atoms with Crippen molar-refractivity contribution in [3.05, 3.63) is 42.1 Å². The van der Waals surface area contributed by atoms with Gasteiger partial charge in [-0.15, -0.1) is 0 Å². The first-order chi connectivity index (χ1) is 8.59. The van der Waals surface area contributed by atoms with Crippen molar-refractivity contribution in [1.82, 2.24) is 9.88 Å². The molecule has 2 rings (SSSR count). The van der Waals surface area contributed by atoms with Crippen LogP contribution in [0.4, 0.5) is 0 Å². The summed E-state index contributed by atoms with van der Waals surface area (Å²) >= 11 is 4.81. The van der Waals surface area contributed by atoms with Crippen LogP contribution in [0, 0.1) is 0 Å². The number of benzene rings is 1. The maximum Gasteiger partial charge on any atom is 0.254 e. The Bertz CT molecular complexity index is 607. The third-order valence-corrected chi connectivity index (χ3v) is 2.75. The Balaban J connectivity index is 2.42. The second-order valence-corrected chi connectivity index (χ2v) is 4.53. The van der Waals surface area contributed by atoms with Crippen molar-refractivity contribution >= 4 is 34.0 Å². The lowest BCUT2D eigenvalue weighted by molar-refractivity contribution is 0.0817. The molecule has 0 aliphatic heterocycles. The summed E-state index contributed by atoms with van der Waals surface area (Å²) in [5.74, 6) is -0.110. The molecule has 0 fully saturated rings. The van der Waals surface area contributed by atoms with Gasteiger partial charge in [-0.3, -0.25) is 9.78 Å². The Labute approximate surface area is 110 Å². The van der Waals surface area contributed by atoms with E-state index in [9.17, 15) is 4.79 Å². The summed E-state index contributed by atoms with van der Waals surface area (Å²) in [5.41, 5.74) is 6.86. The Hall–Kier alpha value is -2.01. The van der Waals surface area contributed by atoms with E-state index in [0.29, 0.717) is 10.6 Å². The van der Waals surface area contributed by atoms with Crippen molar-refractivity contribution in [2.45, 2.75) is 0 Å². The van der Waals surface area contributed by atoms with Gasteiger partial charge in [-0.2, -0.15) is 0 Å². The molecular formula is C13H13N3OS. The molecule has 5 heteroatoms. The number of nitrogens with zero attached hydrogens (tertiary/aromatic N) is 2. The Morgan fingerprint density at radius 3 is 2.83 bits per heavy atom. The highest BCUT2D eigenvalue weighted by atomic mass is 32.1. The minimum atomic E-state index is -0.110. The number of nitrogens with two attached hydrogens (primary N) is 1. The fraction of sp³-hybridized carbons (Fsp3) is 0.154. The van der Waals surface area contributed by atoms with E-state index in [4.69, 9.17) is 18.0 Å². The van der Waals surface area contributed by atoms with Gasteiger partial charge in [0.2, 0.25) is 0 Å². The van der Waals surface area contributed by atoms with E-state index in [2.05, 4.69) is 4.98 Å². The molecule has 2 N–H and O–H groups in total. The van der Waals surface area contributed by atoms with Crippen LogP contribution in [0.1, 0.15) is 10.4 Å². The van der Waals surface area contributed by atoms with Gasteiger partial charge in [0.15, 0.2) is 0 Å². The number of fused-ring (bicyclic) bond motifs is 1. The fourth-order valence-electron chi connectivity index (χ4n) is 1.79. The number of carbonyl (C=O) groups is 1. The number of hydrogen-bond acceptors (Lipinski definition) is 3. The molecule has 0 aliphatic rings. The third kappa shape index (κ3) is 2.46. The number of pyridine rings is 1. The SMILES string of the molecule is CN(CC(N)=S)C(=O)c1ccnc2ccccc12. The number of amides is 1. The van der Waals surface area contributed by atoms with Gasteiger partial charge in [-0.1, -0.05) is 30.4 Å². The molecule has 92 valence electrons. The number of likely N-dealkylation sites (N-methyl/N-ethyl adjacent to an activating group) is 1. The van der Waals surface area contributed by atoms with Gasteiger partial charge in [0, 0.05) is 18.6 Å². The number of rotatable bonds is 3. The molecule has 0 aliphatic carbocycles. The summed E-state index contributed by atoms with van der Waals surface area (Å²) in [6.07, 6.45) is 1.63. The van der Waals surface area contributed by atoms with E-state index < -0.39 is 0 Å². The lowest BCUT2D eigenvalue weighted by atomic mass is 10.1. The van der Waals surface area contributed by atoms with Crippen LogP contribution >= 0.6 is 12.2 Å². The monoisotopic (exact) mass is 259 g/mol. The van der Waals surface area contributed by atoms with Crippen LogP contribution in [0.15, 0.2) is 36.5 Å². The molecule has 18 heavy (non-hydrogen) atoms. The van der Waals surface area contributed by atoms with Gasteiger partial charge in [-0.25, -0.2) is 0 Å². The number of hydrogen-bond donors (Lipinski definition) is 1. The summed E-state index contributed by atoms with van der Waals surface area (Å²) in [5, 5.41) is 0.833. The number of para-hydroxylation sites is 1. The van der Waals surface area contributed by atoms with E-state index in [-0.39, 0.29) is 12.5 Å². The number of aromatic nitrogens is 1. The van der Waals surface area contributed by atoms with Gasteiger partial charge < -0.3 is 10.6 Å². The number of carbonyl (C=O) groups excluding carboxylic acids is 1. The van der Waals surface area contributed by atoms with Crippen molar-refractivity contribution in [3.8, 4) is 0 Å². The van der Waals surface area contributed by atoms with E-state index in [1.165, 1.54) is 4.90 Å². The standard InChI is InChI=1S/C13H13N3OS/c1-16(8-12(14)18)13(17)10-6-7-15-11-5-3-2-4-9(10)11/h2-7H,8H2,1H3,(H2,14,18). The van der Waals surface area contributed by atoms with Crippen molar-refractivity contribution < 1.29 is 4.79 Å². The largest absolute Gasteiger partial charge is 0.392 e. The van der Waals surface area contributed by atoms with Gasteiger partial charge >= 0.3 is 0 Å². The first-order valence-electron chi connectivity index (χ1n) is 5.47. The summed E-state index contributed by atoms with van der Waals surface area (Å²) in [6.45, 7) is 0.269. The topological polar surface area (TPSA) is 59.2 Å². The molecule has 0 saturated carbocycles. The predicted octanol–water partition coefficient (Wildman–Crippen LogP) is 1.59. The maximum absolute atomic E-state index is 12.3. The van der Waals surface area contributed by atoms with Crippen molar-refractivity contribution in [2.24, 2.45) is 5.73 Å². The highest BCUT2D eigenvalue weighted by Crippen LogP contribution is 2.17. The first-order valence-corrected chi connectivity index (χ1v) is 5.88. The minimum absolute atomic E-state index is 0.110. The molecular weight excluding hydrogens is 246 g/mol. The summed E-state index contributed by atoms with van der Waals surface area (Å²) in [6, 6.07) is 9.24. The molecule has 1 amide bonds. The van der Waals surface area contributed by atoms with Crippen LogP contribution in [0.3, 0.4) is 0 Å². The summed E-state index contributed by atoms with van der Waals surface area (Å²) in [4.78, 5) is 18.3. The highest BCUT2D eigenvalue weighted by molar-refractivity contribution is 7.80. The lowest BCUT2D eigenvalue weighted by Gasteiger charge is -2.17. The molecule has 0 radical (unpaired) electrons. The van der Waals surface area contributed by atoms with Crippen LogP contribution < -0.4 is 5.73 Å². The molecule has 1 aromatic heterocycles. The zero-order valence-electron chi connectivity index (χ0n) is 9.96. The van der Waals surface area contributed by atoms with E-state index >= 15 is 0 Å². The molecule has 0 saturated heterocycles. The predicted molar refractivity (Wildman–Crippen MR) is 75.5 cm³/mol. The molecule has 2 aromatic rings. The molecule has 1 heterocycles. The van der Waals surface area contributed by atoms with Gasteiger partial charge in [0.25, 0.3) is 5.91 Å². The van der Waals surface area contributed by atoms with Gasteiger partial charge in [-0.05, 0) is 12.1 Å². The van der Waals surface area contributed by atoms with Crippen molar-refractivity contribution in [1.29, 1.82) is 0 Å². The smallest absolute Gasteiger partial charge is 0.254 e. The lowest BCUT2D eigenvalue weighted by Crippen LogP contribution is -2.34. The average Bonchev–Trinajstić information content (AvgIpc) is 2.36. The second-order valence-electron chi connectivity index (χ2n) is 4.00. The van der Waals surface area contributed by atoms with Crippen LogP contribution in [0.5, 0.6) is 0 Å². The maximum atomic E-state index is 12.3. The molecule has 0 bridgehead atoms. The zero-order valence-corrected chi connectivity index (χ0v) is 10.8. The molecule has 0 spiro atoms. The molecule has 0 atom stereocenters. The van der Waals surface area contributed by atoms with Gasteiger partial charge in [0.1, 0.15) is 0 Å².